The zero-order valence-electron chi connectivity index (χ0n) is 12.6. The van der Waals surface area contributed by atoms with Crippen LogP contribution >= 0.6 is 0 Å². The van der Waals surface area contributed by atoms with Gasteiger partial charge in [0.15, 0.2) is 0 Å². The van der Waals surface area contributed by atoms with Gasteiger partial charge in [-0.25, -0.2) is 0 Å². The first-order chi connectivity index (χ1) is 9.94. The van der Waals surface area contributed by atoms with Gasteiger partial charge in [-0.15, -0.1) is 0 Å². The molecule has 0 radical (unpaired) electrons. The normalized spacial score (nSPS) is 22.2. The van der Waals surface area contributed by atoms with Crippen molar-refractivity contribution in [3.05, 3.63) is 35.4 Å². The minimum Gasteiger partial charge on any atom is -0.481 e. The number of benzene rings is 1. The Morgan fingerprint density at radius 1 is 1.33 bits per heavy atom. The second-order valence-corrected chi connectivity index (χ2v) is 5.94. The van der Waals surface area contributed by atoms with E-state index in [1.807, 2.05) is 31.2 Å². The second-order valence-electron chi connectivity index (χ2n) is 5.94. The maximum atomic E-state index is 11.9. The van der Waals surface area contributed by atoms with Crippen LogP contribution in [0.25, 0.3) is 0 Å². The molecule has 1 aliphatic rings. The van der Waals surface area contributed by atoms with Crippen molar-refractivity contribution in [1.82, 2.24) is 10.2 Å². The first-order valence-electron chi connectivity index (χ1n) is 7.18. The number of carbonyl (C=O) groups is 2. The number of aliphatic carboxylic acids is 1. The molecule has 2 rings (SSSR count). The lowest BCUT2D eigenvalue weighted by Gasteiger charge is -2.23. The lowest BCUT2D eigenvalue weighted by molar-refractivity contribution is -0.136. The fourth-order valence-electron chi connectivity index (χ4n) is 2.97. The van der Waals surface area contributed by atoms with Crippen molar-refractivity contribution in [3.8, 4) is 0 Å². The summed E-state index contributed by atoms with van der Waals surface area (Å²) in [5.74, 6) is -0.747. The molecule has 1 amide bonds. The minimum atomic E-state index is -0.820. The molecule has 0 saturated carbocycles. The summed E-state index contributed by atoms with van der Waals surface area (Å²) in [4.78, 5) is 25.1. The number of amides is 1. The molecular formula is C16H22N2O3. The van der Waals surface area contributed by atoms with Crippen LogP contribution in [-0.4, -0.2) is 42.0 Å². The summed E-state index contributed by atoms with van der Waals surface area (Å²) in [6.45, 7) is 4.23. The van der Waals surface area contributed by atoms with Gasteiger partial charge in [-0.2, -0.15) is 0 Å². The number of nitrogens with zero attached hydrogens (tertiary/aromatic N) is 1. The topological polar surface area (TPSA) is 69.6 Å². The summed E-state index contributed by atoms with van der Waals surface area (Å²) < 4.78 is 0. The molecule has 1 aliphatic heterocycles. The standard InChI is InChI=1S/C16H22N2O3/c1-16(15(21)17-2)7-8-18(11-16)10-13-6-4-3-5-12(13)9-14(19)20/h3-6H,7-11H2,1-2H3,(H,17,21)(H,19,20). The molecule has 1 aromatic carbocycles. The van der Waals surface area contributed by atoms with Gasteiger partial charge in [0.05, 0.1) is 11.8 Å². The largest absolute Gasteiger partial charge is 0.481 e. The SMILES string of the molecule is CNC(=O)C1(C)CCN(Cc2ccccc2CC(=O)O)C1. The van der Waals surface area contributed by atoms with Crippen LogP contribution in [0, 0.1) is 5.41 Å². The lowest BCUT2D eigenvalue weighted by atomic mass is 9.89. The van der Waals surface area contributed by atoms with Crippen molar-refractivity contribution >= 4 is 11.9 Å². The highest BCUT2D eigenvalue weighted by Crippen LogP contribution is 2.31. The molecule has 5 heteroatoms. The Labute approximate surface area is 125 Å². The zero-order valence-corrected chi connectivity index (χ0v) is 12.6. The van der Waals surface area contributed by atoms with Gasteiger partial charge in [0.25, 0.3) is 0 Å². The van der Waals surface area contributed by atoms with Gasteiger partial charge in [-0.05, 0) is 31.0 Å². The fourth-order valence-corrected chi connectivity index (χ4v) is 2.97. The average molecular weight is 290 g/mol. The molecule has 0 aromatic heterocycles. The number of carbonyl (C=O) groups excluding carboxylic acids is 1. The fraction of sp³-hybridized carbons (Fsp3) is 0.500. The van der Waals surface area contributed by atoms with Crippen molar-refractivity contribution in [2.45, 2.75) is 26.3 Å². The molecule has 1 aromatic rings. The minimum absolute atomic E-state index is 0.0384. The average Bonchev–Trinajstić information content (AvgIpc) is 2.82. The maximum Gasteiger partial charge on any atom is 0.307 e. The van der Waals surface area contributed by atoms with E-state index >= 15 is 0 Å². The van der Waals surface area contributed by atoms with Gasteiger partial charge >= 0.3 is 5.97 Å². The Morgan fingerprint density at radius 2 is 2.00 bits per heavy atom. The van der Waals surface area contributed by atoms with Crippen molar-refractivity contribution in [3.63, 3.8) is 0 Å². The molecule has 2 N–H and O–H groups in total. The molecule has 1 saturated heterocycles. The molecule has 0 spiro atoms. The summed E-state index contributed by atoms with van der Waals surface area (Å²) >= 11 is 0. The van der Waals surface area contributed by atoms with Gasteiger partial charge in [0.1, 0.15) is 0 Å². The van der Waals surface area contributed by atoms with E-state index in [2.05, 4.69) is 10.2 Å². The lowest BCUT2D eigenvalue weighted by Crippen LogP contribution is -2.39. The number of hydrogen-bond acceptors (Lipinski definition) is 3. The number of nitrogens with one attached hydrogen (secondary N) is 1. The van der Waals surface area contributed by atoms with Gasteiger partial charge in [0, 0.05) is 20.1 Å². The van der Waals surface area contributed by atoms with Crippen molar-refractivity contribution < 1.29 is 14.7 Å². The van der Waals surface area contributed by atoms with Crippen LogP contribution in [0.2, 0.25) is 0 Å². The van der Waals surface area contributed by atoms with E-state index in [0.29, 0.717) is 13.1 Å². The van der Waals surface area contributed by atoms with E-state index in [1.165, 1.54) is 0 Å². The summed E-state index contributed by atoms with van der Waals surface area (Å²) in [5, 5.41) is 11.7. The first-order valence-corrected chi connectivity index (χ1v) is 7.18. The summed E-state index contributed by atoms with van der Waals surface area (Å²) in [6.07, 6.45) is 0.866. The highest BCUT2D eigenvalue weighted by molar-refractivity contribution is 5.82. The van der Waals surface area contributed by atoms with Crippen LogP contribution in [0.1, 0.15) is 24.5 Å². The number of rotatable bonds is 5. The van der Waals surface area contributed by atoms with Crippen LogP contribution in [-0.2, 0) is 22.6 Å². The number of carboxylic acid groups (broad SMARTS) is 1. The predicted molar refractivity (Wildman–Crippen MR) is 79.8 cm³/mol. The molecular weight excluding hydrogens is 268 g/mol. The Kier molecular flexibility index (Phi) is 4.63. The molecule has 0 aliphatic carbocycles. The smallest absolute Gasteiger partial charge is 0.307 e. The van der Waals surface area contributed by atoms with Crippen LogP contribution in [0.15, 0.2) is 24.3 Å². The third-order valence-electron chi connectivity index (χ3n) is 4.18. The highest BCUT2D eigenvalue weighted by atomic mass is 16.4. The van der Waals surface area contributed by atoms with Gasteiger partial charge in [-0.3, -0.25) is 14.5 Å². The number of likely N-dealkylation sites (tertiary alicyclic amines) is 1. The van der Waals surface area contributed by atoms with Crippen LogP contribution < -0.4 is 5.32 Å². The molecule has 1 heterocycles. The van der Waals surface area contributed by atoms with E-state index in [0.717, 1.165) is 24.1 Å². The molecule has 21 heavy (non-hydrogen) atoms. The Hall–Kier alpha value is -1.88. The van der Waals surface area contributed by atoms with E-state index in [9.17, 15) is 9.59 Å². The molecule has 1 atom stereocenters. The summed E-state index contributed by atoms with van der Waals surface area (Å²) in [6, 6.07) is 7.61. The Bertz CT molecular complexity index is 544. The molecule has 1 fully saturated rings. The number of carboxylic acids is 1. The Morgan fingerprint density at radius 3 is 2.62 bits per heavy atom. The highest BCUT2D eigenvalue weighted by Gasteiger charge is 2.39. The monoisotopic (exact) mass is 290 g/mol. The van der Waals surface area contributed by atoms with E-state index in [1.54, 1.807) is 7.05 Å². The van der Waals surface area contributed by atoms with E-state index in [4.69, 9.17) is 5.11 Å². The van der Waals surface area contributed by atoms with Gasteiger partial charge in [0.2, 0.25) is 5.91 Å². The Balaban J connectivity index is 2.07. The van der Waals surface area contributed by atoms with Crippen LogP contribution in [0.5, 0.6) is 0 Å². The van der Waals surface area contributed by atoms with Crippen LogP contribution in [0.4, 0.5) is 0 Å². The summed E-state index contributed by atoms with van der Waals surface area (Å²) in [5.41, 5.74) is 1.52. The summed E-state index contributed by atoms with van der Waals surface area (Å²) in [7, 11) is 1.67. The molecule has 1 unspecified atom stereocenters. The van der Waals surface area contributed by atoms with Crippen molar-refractivity contribution in [2.24, 2.45) is 5.41 Å². The quantitative estimate of drug-likeness (QED) is 0.857. The first kappa shape index (κ1) is 15.5. The van der Waals surface area contributed by atoms with Gasteiger partial charge in [-0.1, -0.05) is 24.3 Å². The molecule has 114 valence electrons. The zero-order chi connectivity index (χ0) is 15.5. The maximum absolute atomic E-state index is 11.9. The van der Waals surface area contributed by atoms with Crippen molar-refractivity contribution in [2.75, 3.05) is 20.1 Å². The number of hydrogen-bond donors (Lipinski definition) is 2. The van der Waals surface area contributed by atoms with Crippen molar-refractivity contribution in [1.29, 1.82) is 0 Å². The van der Waals surface area contributed by atoms with E-state index < -0.39 is 5.97 Å². The molecule has 0 bridgehead atoms. The van der Waals surface area contributed by atoms with Crippen LogP contribution in [0.3, 0.4) is 0 Å². The van der Waals surface area contributed by atoms with Gasteiger partial charge < -0.3 is 10.4 Å². The predicted octanol–water partition coefficient (Wildman–Crippen LogP) is 1.27. The molecule has 5 nitrogen and oxygen atoms in total. The third kappa shape index (κ3) is 3.61. The third-order valence-corrected chi connectivity index (χ3v) is 4.18. The van der Waals surface area contributed by atoms with E-state index in [-0.39, 0.29) is 17.7 Å². The second kappa shape index (κ2) is 6.26.